The third kappa shape index (κ3) is 6.26. The van der Waals surface area contributed by atoms with Gasteiger partial charge >= 0.3 is 0 Å². The zero-order valence-corrected chi connectivity index (χ0v) is 18.7. The second-order valence-corrected chi connectivity index (χ2v) is 10.2. The van der Waals surface area contributed by atoms with Crippen LogP contribution in [-0.4, -0.2) is 36.0 Å². The molecule has 1 aromatic carbocycles. The van der Waals surface area contributed by atoms with Crippen molar-refractivity contribution in [3.05, 3.63) is 34.9 Å². The van der Waals surface area contributed by atoms with Gasteiger partial charge in [-0.25, -0.2) is 8.93 Å². The van der Waals surface area contributed by atoms with Crippen LogP contribution in [0.1, 0.15) is 52.5 Å². The van der Waals surface area contributed by atoms with E-state index in [2.05, 4.69) is 44.5 Å². The molecule has 1 N–H and O–H groups in total. The van der Waals surface area contributed by atoms with Crippen molar-refractivity contribution in [1.82, 2.24) is 4.72 Å². The van der Waals surface area contributed by atoms with Crippen molar-refractivity contribution in [3.8, 4) is 0 Å². The molecule has 0 saturated heterocycles. The van der Waals surface area contributed by atoms with Crippen molar-refractivity contribution in [3.63, 3.8) is 0 Å². The van der Waals surface area contributed by atoms with Crippen molar-refractivity contribution in [1.29, 1.82) is 0 Å². The maximum Gasteiger partial charge on any atom is 0.146 e. The van der Waals surface area contributed by atoms with Gasteiger partial charge in [-0.1, -0.05) is 51.4 Å². The molecular formula is C21H34ClNO3S. The summed E-state index contributed by atoms with van der Waals surface area (Å²) in [7, 11) is 0.595. The lowest BCUT2D eigenvalue weighted by molar-refractivity contribution is -0.127. The number of nitrogens with one attached hydrogen (secondary N) is 1. The van der Waals surface area contributed by atoms with Crippen molar-refractivity contribution in [2.24, 2.45) is 11.8 Å². The Labute approximate surface area is 171 Å². The lowest BCUT2D eigenvalue weighted by atomic mass is 9.57. The topological polar surface area (TPSA) is 47.6 Å². The second kappa shape index (κ2) is 10.4. The number of ether oxygens (including phenoxy) is 2. The van der Waals surface area contributed by atoms with Crippen LogP contribution in [0, 0.1) is 11.8 Å². The maximum atomic E-state index is 12.7. The summed E-state index contributed by atoms with van der Waals surface area (Å²) < 4.78 is 27.0. The van der Waals surface area contributed by atoms with Gasteiger partial charge in [0.25, 0.3) is 0 Å². The smallest absolute Gasteiger partial charge is 0.146 e. The number of hydrogen-bond donors (Lipinski definition) is 1. The number of methoxy groups -OCH3 is 1. The van der Waals surface area contributed by atoms with Crippen LogP contribution < -0.4 is 4.72 Å². The molecule has 0 bridgehead atoms. The van der Waals surface area contributed by atoms with Gasteiger partial charge < -0.3 is 9.47 Å². The lowest BCUT2D eigenvalue weighted by Gasteiger charge is -2.53. The molecule has 4 nitrogen and oxygen atoms in total. The Morgan fingerprint density at radius 1 is 1.19 bits per heavy atom. The number of rotatable bonds is 11. The van der Waals surface area contributed by atoms with E-state index in [-0.39, 0.29) is 17.6 Å². The molecule has 0 radical (unpaired) electrons. The predicted octanol–water partition coefficient (Wildman–Crippen LogP) is 4.68. The van der Waals surface area contributed by atoms with Crippen LogP contribution in [0.4, 0.5) is 0 Å². The minimum Gasteiger partial charge on any atom is -0.359 e. The Balaban J connectivity index is 2.27. The van der Waals surface area contributed by atoms with E-state index < -0.39 is 11.0 Å². The molecule has 27 heavy (non-hydrogen) atoms. The quantitative estimate of drug-likeness (QED) is 0.533. The SMILES string of the molecule is COCOC1CC(c2ccc(Cl)cc2)([C@H](CC(C)C)NS(=O)CC(C)C)C1. The van der Waals surface area contributed by atoms with Crippen LogP contribution in [0.3, 0.4) is 0 Å². The van der Waals surface area contributed by atoms with Gasteiger partial charge in [0.15, 0.2) is 0 Å². The van der Waals surface area contributed by atoms with Crippen LogP contribution in [-0.2, 0) is 25.9 Å². The summed E-state index contributed by atoms with van der Waals surface area (Å²) in [5.41, 5.74) is 1.14. The molecule has 1 fully saturated rings. The normalized spacial score (nSPS) is 24.8. The van der Waals surface area contributed by atoms with Crippen LogP contribution in [0.15, 0.2) is 24.3 Å². The number of benzene rings is 1. The summed E-state index contributed by atoms with van der Waals surface area (Å²) in [4.78, 5) is 0. The monoisotopic (exact) mass is 415 g/mol. The van der Waals surface area contributed by atoms with Gasteiger partial charge in [-0.15, -0.1) is 0 Å². The third-order valence-corrected chi connectivity index (χ3v) is 6.93. The molecule has 2 rings (SSSR count). The summed E-state index contributed by atoms with van der Waals surface area (Å²) in [5, 5.41) is 0.733. The predicted molar refractivity (Wildman–Crippen MR) is 113 cm³/mol. The van der Waals surface area contributed by atoms with E-state index in [1.165, 1.54) is 5.56 Å². The largest absolute Gasteiger partial charge is 0.359 e. The summed E-state index contributed by atoms with van der Waals surface area (Å²) in [5.74, 6) is 1.56. The average Bonchev–Trinajstić information content (AvgIpc) is 2.53. The van der Waals surface area contributed by atoms with Crippen LogP contribution in [0.5, 0.6) is 0 Å². The highest BCUT2D eigenvalue weighted by Crippen LogP contribution is 2.49. The Bertz CT molecular complexity index is 600. The first kappa shape index (κ1) is 22.8. The molecule has 0 spiro atoms. The van der Waals surface area contributed by atoms with E-state index in [4.69, 9.17) is 21.1 Å². The molecule has 0 amide bonds. The molecular weight excluding hydrogens is 382 g/mol. The zero-order valence-electron chi connectivity index (χ0n) is 17.2. The molecule has 1 aromatic rings. The van der Waals surface area contributed by atoms with E-state index in [1.807, 2.05) is 12.1 Å². The van der Waals surface area contributed by atoms with Crippen molar-refractivity contribution < 1.29 is 13.7 Å². The van der Waals surface area contributed by atoms with Gasteiger partial charge in [-0.2, -0.15) is 0 Å². The average molecular weight is 416 g/mol. The van der Waals surface area contributed by atoms with Gasteiger partial charge in [0, 0.05) is 29.3 Å². The van der Waals surface area contributed by atoms with Crippen LogP contribution in [0.2, 0.25) is 5.02 Å². The van der Waals surface area contributed by atoms with E-state index >= 15 is 0 Å². The van der Waals surface area contributed by atoms with Gasteiger partial charge in [-0.3, -0.25) is 0 Å². The van der Waals surface area contributed by atoms with Gasteiger partial charge in [0.1, 0.15) is 6.79 Å². The van der Waals surface area contributed by atoms with E-state index in [9.17, 15) is 4.21 Å². The first-order chi connectivity index (χ1) is 12.8. The molecule has 0 aliphatic heterocycles. The lowest BCUT2D eigenvalue weighted by Crippen LogP contribution is -2.59. The van der Waals surface area contributed by atoms with Crippen molar-refractivity contribution in [2.45, 2.75) is 64.5 Å². The fourth-order valence-corrected chi connectivity index (χ4v) is 5.37. The van der Waals surface area contributed by atoms with E-state index in [0.717, 1.165) is 24.3 Å². The van der Waals surface area contributed by atoms with Gasteiger partial charge in [0.2, 0.25) is 0 Å². The minimum atomic E-state index is -1.05. The highest BCUT2D eigenvalue weighted by molar-refractivity contribution is 7.83. The number of halogens is 1. The summed E-state index contributed by atoms with van der Waals surface area (Å²) >= 11 is 6.12. The first-order valence-electron chi connectivity index (χ1n) is 9.78. The highest BCUT2D eigenvalue weighted by atomic mass is 35.5. The fraction of sp³-hybridized carbons (Fsp3) is 0.714. The molecule has 1 aliphatic carbocycles. The summed E-state index contributed by atoms with van der Waals surface area (Å²) in [6, 6.07) is 8.23. The standard InChI is InChI=1S/C21H34ClNO3S/c1-15(2)10-20(23-27(24)13-16(3)4)21(11-19(12-21)26-14-25-5)17-6-8-18(22)9-7-17/h6-9,15-16,19-20,23H,10-14H2,1-5H3/t19?,20-,21?,27?/m0/s1. The molecule has 0 heterocycles. The third-order valence-electron chi connectivity index (χ3n) is 5.16. The van der Waals surface area contributed by atoms with Crippen molar-refractivity contribution in [2.75, 3.05) is 19.7 Å². The Morgan fingerprint density at radius 2 is 1.81 bits per heavy atom. The van der Waals surface area contributed by atoms with Crippen LogP contribution in [0.25, 0.3) is 0 Å². The highest BCUT2D eigenvalue weighted by Gasteiger charge is 2.51. The molecule has 0 aromatic heterocycles. The molecule has 154 valence electrons. The number of hydrogen-bond acceptors (Lipinski definition) is 3. The molecule has 2 atom stereocenters. The van der Waals surface area contributed by atoms with Crippen LogP contribution >= 0.6 is 11.6 Å². The maximum absolute atomic E-state index is 12.7. The van der Waals surface area contributed by atoms with Crippen molar-refractivity contribution >= 4 is 22.6 Å². The second-order valence-electron chi connectivity index (χ2n) is 8.47. The minimum absolute atomic E-state index is 0.0973. The Hall–Kier alpha value is -0.460. The molecule has 1 unspecified atom stereocenters. The Kier molecular flexibility index (Phi) is 8.75. The first-order valence-corrected chi connectivity index (χ1v) is 11.5. The van der Waals surface area contributed by atoms with Gasteiger partial charge in [-0.05, 0) is 48.8 Å². The Morgan fingerprint density at radius 3 is 2.33 bits per heavy atom. The summed E-state index contributed by atoms with van der Waals surface area (Å²) in [6.45, 7) is 8.94. The van der Waals surface area contributed by atoms with Gasteiger partial charge in [0.05, 0.1) is 17.1 Å². The summed E-state index contributed by atoms with van der Waals surface area (Å²) in [6.07, 6.45) is 2.90. The van der Waals surface area contributed by atoms with E-state index in [0.29, 0.717) is 24.4 Å². The molecule has 1 saturated carbocycles. The zero-order chi connectivity index (χ0) is 20.0. The van der Waals surface area contributed by atoms with E-state index in [1.54, 1.807) is 7.11 Å². The molecule has 1 aliphatic rings. The molecule has 6 heteroatoms. The fourth-order valence-electron chi connectivity index (χ4n) is 3.91.